The van der Waals surface area contributed by atoms with Crippen molar-refractivity contribution in [2.75, 3.05) is 11.9 Å². The van der Waals surface area contributed by atoms with Gasteiger partial charge in [-0.1, -0.05) is 0 Å². The number of carboxylic acid groups (broad SMARTS) is 1. The number of quaternary nitrogens is 1. The van der Waals surface area contributed by atoms with E-state index in [2.05, 4.69) is 5.32 Å². The predicted molar refractivity (Wildman–Crippen MR) is 68.8 cm³/mol. The standard InChI is InChI=1S/C12H14N2O6/c1-2-20-8-3-4-9(10(7-8)14(18)19)13-11(15)5-6-12(16)17/h3-7,14,18H,2H2,1H3,(H,13,15)(H,16,17). The zero-order chi connectivity index (χ0) is 15.1. The molecule has 0 aliphatic rings. The van der Waals surface area contributed by atoms with E-state index in [1.165, 1.54) is 18.2 Å². The first-order valence-electron chi connectivity index (χ1n) is 5.66. The quantitative estimate of drug-likeness (QED) is 0.432. The van der Waals surface area contributed by atoms with Crippen LogP contribution in [0.3, 0.4) is 0 Å². The molecule has 0 saturated carbocycles. The molecular weight excluding hydrogens is 268 g/mol. The molecule has 0 fully saturated rings. The molecule has 1 aromatic carbocycles. The van der Waals surface area contributed by atoms with Crippen LogP contribution in [0.1, 0.15) is 6.92 Å². The summed E-state index contributed by atoms with van der Waals surface area (Å²) in [6.07, 6.45) is 1.45. The van der Waals surface area contributed by atoms with E-state index in [9.17, 15) is 14.8 Å². The lowest BCUT2D eigenvalue weighted by Gasteiger charge is -2.16. The molecule has 0 saturated heterocycles. The lowest BCUT2D eigenvalue weighted by atomic mass is 10.2. The number of carbonyl (C=O) groups is 2. The van der Waals surface area contributed by atoms with E-state index in [-0.39, 0.29) is 11.4 Å². The summed E-state index contributed by atoms with van der Waals surface area (Å²) in [6.45, 7) is 2.14. The maximum absolute atomic E-state index is 11.4. The third kappa shape index (κ3) is 4.69. The van der Waals surface area contributed by atoms with Gasteiger partial charge < -0.3 is 20.4 Å². The first-order chi connectivity index (χ1) is 9.43. The maximum Gasteiger partial charge on any atom is 0.328 e. The van der Waals surface area contributed by atoms with Crippen molar-refractivity contribution in [3.8, 4) is 5.75 Å². The molecule has 1 amide bonds. The molecule has 1 rings (SSSR count). The fourth-order valence-corrected chi connectivity index (χ4v) is 1.39. The summed E-state index contributed by atoms with van der Waals surface area (Å²) < 4.78 is 5.17. The second kappa shape index (κ2) is 7.24. The van der Waals surface area contributed by atoms with Crippen LogP contribution in [0.2, 0.25) is 0 Å². The van der Waals surface area contributed by atoms with Crippen LogP contribution in [0.4, 0.5) is 11.4 Å². The van der Waals surface area contributed by atoms with E-state index in [4.69, 9.17) is 15.1 Å². The normalized spacial score (nSPS) is 12.2. The summed E-state index contributed by atoms with van der Waals surface area (Å²) in [5, 5.41) is 29.6. The van der Waals surface area contributed by atoms with E-state index < -0.39 is 17.1 Å². The highest BCUT2D eigenvalue weighted by Gasteiger charge is 2.12. The SMILES string of the molecule is CCOc1ccc(NC(=O)C=CC(=O)O)c([NH+]([O-])O)c1. The number of nitrogens with one attached hydrogen (secondary N) is 2. The highest BCUT2D eigenvalue weighted by molar-refractivity contribution is 6.03. The van der Waals surface area contributed by atoms with Crippen LogP contribution in [0.5, 0.6) is 5.75 Å². The number of rotatable bonds is 6. The Labute approximate surface area is 114 Å². The average molecular weight is 282 g/mol. The van der Waals surface area contributed by atoms with E-state index >= 15 is 0 Å². The smallest absolute Gasteiger partial charge is 0.328 e. The van der Waals surface area contributed by atoms with Crippen LogP contribution < -0.4 is 15.3 Å². The van der Waals surface area contributed by atoms with Gasteiger partial charge >= 0.3 is 5.97 Å². The Balaban J connectivity index is 2.94. The topological polar surface area (TPSA) is 123 Å². The van der Waals surface area contributed by atoms with Gasteiger partial charge in [-0.15, -0.1) is 0 Å². The van der Waals surface area contributed by atoms with Crippen molar-refractivity contribution in [3.63, 3.8) is 0 Å². The van der Waals surface area contributed by atoms with Gasteiger partial charge in [0.2, 0.25) is 5.91 Å². The Morgan fingerprint density at radius 3 is 2.70 bits per heavy atom. The second-order valence-electron chi connectivity index (χ2n) is 3.61. The van der Waals surface area contributed by atoms with Crippen LogP contribution in [0, 0.1) is 5.21 Å². The molecule has 8 heteroatoms. The Hall–Kier alpha value is -2.42. The monoisotopic (exact) mass is 282 g/mol. The van der Waals surface area contributed by atoms with Crippen molar-refractivity contribution >= 4 is 23.3 Å². The van der Waals surface area contributed by atoms with E-state index in [0.29, 0.717) is 18.4 Å². The number of ether oxygens (including phenoxy) is 1. The van der Waals surface area contributed by atoms with Crippen molar-refractivity contribution in [1.82, 2.24) is 0 Å². The molecule has 0 heterocycles. The van der Waals surface area contributed by atoms with Crippen molar-refractivity contribution in [2.24, 2.45) is 0 Å². The Morgan fingerprint density at radius 1 is 1.45 bits per heavy atom. The maximum atomic E-state index is 11.4. The van der Waals surface area contributed by atoms with Crippen LogP contribution in [0.25, 0.3) is 0 Å². The molecule has 1 aromatic rings. The highest BCUT2D eigenvalue weighted by Crippen LogP contribution is 2.24. The number of carbonyl (C=O) groups excluding carboxylic acids is 1. The molecule has 0 radical (unpaired) electrons. The van der Waals surface area contributed by atoms with Crippen LogP contribution in [0.15, 0.2) is 30.4 Å². The van der Waals surface area contributed by atoms with Gasteiger partial charge in [-0.05, 0) is 19.1 Å². The summed E-state index contributed by atoms with van der Waals surface area (Å²) >= 11 is 0. The van der Waals surface area contributed by atoms with Gasteiger partial charge in [-0.2, -0.15) is 5.23 Å². The zero-order valence-electron chi connectivity index (χ0n) is 10.6. The Bertz CT molecular complexity index is 527. The molecule has 8 nitrogen and oxygen atoms in total. The fourth-order valence-electron chi connectivity index (χ4n) is 1.39. The number of amides is 1. The lowest BCUT2D eigenvalue weighted by molar-refractivity contribution is -0.990. The van der Waals surface area contributed by atoms with Crippen molar-refractivity contribution in [1.29, 1.82) is 0 Å². The zero-order valence-corrected chi connectivity index (χ0v) is 10.6. The molecule has 4 N–H and O–H groups in total. The van der Waals surface area contributed by atoms with Crippen molar-refractivity contribution < 1.29 is 29.9 Å². The third-order valence-electron chi connectivity index (χ3n) is 2.17. The van der Waals surface area contributed by atoms with Crippen LogP contribution in [-0.4, -0.2) is 28.8 Å². The number of hydrogen-bond acceptors (Lipinski definition) is 5. The molecule has 108 valence electrons. The lowest BCUT2D eigenvalue weighted by Crippen LogP contribution is -2.99. The summed E-state index contributed by atoms with van der Waals surface area (Å²) in [4.78, 5) is 21.7. The molecule has 0 aliphatic heterocycles. The van der Waals surface area contributed by atoms with Gasteiger partial charge in [0.05, 0.1) is 6.61 Å². The molecule has 20 heavy (non-hydrogen) atoms. The largest absolute Gasteiger partial charge is 0.595 e. The van der Waals surface area contributed by atoms with Gasteiger partial charge in [-0.3, -0.25) is 4.79 Å². The molecule has 0 bridgehead atoms. The van der Waals surface area contributed by atoms with Crippen molar-refractivity contribution in [2.45, 2.75) is 6.92 Å². The van der Waals surface area contributed by atoms with Crippen LogP contribution >= 0.6 is 0 Å². The first kappa shape index (κ1) is 15.6. The summed E-state index contributed by atoms with van der Waals surface area (Å²) in [6, 6.07) is 4.16. The first-order valence-corrected chi connectivity index (χ1v) is 5.66. The minimum atomic E-state index is -1.27. The van der Waals surface area contributed by atoms with Gasteiger partial charge in [0.25, 0.3) is 0 Å². The minimum absolute atomic E-state index is 0.0565. The number of hydrogen-bond donors (Lipinski definition) is 4. The second-order valence-corrected chi connectivity index (χ2v) is 3.61. The number of anilines is 1. The average Bonchev–Trinajstić information content (AvgIpc) is 2.38. The molecule has 0 aliphatic carbocycles. The van der Waals surface area contributed by atoms with Crippen molar-refractivity contribution in [3.05, 3.63) is 35.6 Å². The highest BCUT2D eigenvalue weighted by atomic mass is 16.8. The predicted octanol–water partition coefficient (Wildman–Crippen LogP) is 0.0680. The minimum Gasteiger partial charge on any atom is -0.595 e. The van der Waals surface area contributed by atoms with E-state index in [0.717, 1.165) is 6.08 Å². The molecule has 0 aromatic heterocycles. The summed E-state index contributed by atoms with van der Waals surface area (Å²) in [5.41, 5.74) is -0.0889. The van der Waals surface area contributed by atoms with E-state index in [1.54, 1.807) is 6.92 Å². The Morgan fingerprint density at radius 2 is 2.15 bits per heavy atom. The molecule has 0 spiro atoms. The van der Waals surface area contributed by atoms with Gasteiger partial charge in [0.1, 0.15) is 11.4 Å². The number of aliphatic carboxylic acids is 1. The Kier molecular flexibility index (Phi) is 5.66. The third-order valence-corrected chi connectivity index (χ3v) is 2.17. The fraction of sp³-hybridized carbons (Fsp3) is 0.167. The van der Waals surface area contributed by atoms with E-state index in [1.807, 2.05) is 0 Å². The van der Waals surface area contributed by atoms with Gasteiger partial charge in [0, 0.05) is 18.2 Å². The summed E-state index contributed by atoms with van der Waals surface area (Å²) in [5.74, 6) is -1.65. The number of carboxylic acids is 1. The molecule has 1 unspecified atom stereocenters. The van der Waals surface area contributed by atoms with Gasteiger partial charge in [-0.25, -0.2) is 10.0 Å². The van der Waals surface area contributed by atoms with Gasteiger partial charge in [0.15, 0.2) is 5.69 Å². The van der Waals surface area contributed by atoms with Crippen LogP contribution in [-0.2, 0) is 9.59 Å². The molecule has 1 atom stereocenters. The summed E-state index contributed by atoms with van der Waals surface area (Å²) in [7, 11) is 0. The molecular formula is C12H14N2O6. The number of benzene rings is 1.